The summed E-state index contributed by atoms with van der Waals surface area (Å²) < 4.78 is 0. The van der Waals surface area contributed by atoms with E-state index in [2.05, 4.69) is 16.0 Å². The van der Waals surface area contributed by atoms with Crippen molar-refractivity contribution in [1.82, 2.24) is 10.6 Å². The van der Waals surface area contributed by atoms with Gasteiger partial charge in [-0.15, -0.1) is 0 Å². The highest BCUT2D eigenvalue weighted by Gasteiger charge is 2.20. The van der Waals surface area contributed by atoms with Crippen LogP contribution < -0.4 is 16.0 Å². The Balaban J connectivity index is 1.58. The molecular weight excluding hydrogens is 374 g/mol. The Morgan fingerprint density at radius 1 is 1.07 bits per heavy atom. The molecule has 0 aromatic heterocycles. The van der Waals surface area contributed by atoms with Crippen LogP contribution in [0.5, 0.6) is 0 Å². The highest BCUT2D eigenvalue weighted by Crippen LogP contribution is 2.22. The minimum atomic E-state index is -0.208. The second-order valence-corrected chi connectivity index (χ2v) is 7.58. The Hall–Kier alpha value is -2.37. The molecule has 1 saturated carbocycles. The fraction of sp³-hybridized carbons (Fsp3) is 0.364. The van der Waals surface area contributed by atoms with Gasteiger partial charge in [-0.25, -0.2) is 0 Å². The minimum Gasteiger partial charge on any atom is -0.349 e. The summed E-state index contributed by atoms with van der Waals surface area (Å²) in [4.78, 5) is 25.0. The van der Waals surface area contributed by atoms with Crippen molar-refractivity contribution >= 4 is 29.1 Å². The van der Waals surface area contributed by atoms with Crippen LogP contribution in [-0.4, -0.2) is 24.4 Å². The monoisotopic (exact) mass is 399 g/mol. The molecule has 6 heteroatoms. The van der Waals surface area contributed by atoms with Gasteiger partial charge in [-0.1, -0.05) is 54.8 Å². The van der Waals surface area contributed by atoms with Crippen molar-refractivity contribution in [2.75, 3.05) is 11.9 Å². The number of benzene rings is 2. The molecule has 0 radical (unpaired) electrons. The van der Waals surface area contributed by atoms with Gasteiger partial charge in [0.25, 0.3) is 5.91 Å². The summed E-state index contributed by atoms with van der Waals surface area (Å²) in [5.41, 5.74) is 1.95. The maximum Gasteiger partial charge on any atom is 0.253 e. The lowest BCUT2D eigenvalue weighted by molar-refractivity contribution is -0.115. The van der Waals surface area contributed by atoms with Crippen molar-refractivity contribution in [2.45, 2.75) is 44.7 Å². The van der Waals surface area contributed by atoms with Crippen molar-refractivity contribution in [2.24, 2.45) is 0 Å². The topological polar surface area (TPSA) is 70.2 Å². The molecule has 0 spiro atoms. The molecule has 5 nitrogen and oxygen atoms in total. The van der Waals surface area contributed by atoms with E-state index in [1.807, 2.05) is 37.3 Å². The Labute approximate surface area is 170 Å². The number of hydrogen-bond acceptors (Lipinski definition) is 3. The molecule has 1 unspecified atom stereocenters. The second-order valence-electron chi connectivity index (χ2n) is 7.17. The van der Waals surface area contributed by atoms with Crippen LogP contribution in [0, 0.1) is 0 Å². The predicted molar refractivity (Wildman–Crippen MR) is 113 cm³/mol. The molecule has 0 bridgehead atoms. The number of anilines is 1. The van der Waals surface area contributed by atoms with Crippen molar-refractivity contribution < 1.29 is 9.59 Å². The first-order valence-corrected chi connectivity index (χ1v) is 10.1. The third-order valence-corrected chi connectivity index (χ3v) is 5.42. The molecule has 3 N–H and O–H groups in total. The molecule has 2 aromatic rings. The van der Waals surface area contributed by atoms with Gasteiger partial charge in [0, 0.05) is 17.1 Å². The lowest BCUT2D eigenvalue weighted by atomic mass is 10.1. The van der Waals surface area contributed by atoms with E-state index in [4.69, 9.17) is 11.6 Å². The average Bonchev–Trinajstić information content (AvgIpc) is 3.20. The fourth-order valence-corrected chi connectivity index (χ4v) is 3.80. The molecule has 0 aliphatic heterocycles. The molecule has 1 aliphatic carbocycles. The molecule has 1 atom stereocenters. The molecule has 1 aliphatic rings. The van der Waals surface area contributed by atoms with E-state index in [9.17, 15) is 9.59 Å². The minimum absolute atomic E-state index is 0.0691. The van der Waals surface area contributed by atoms with Crippen LogP contribution >= 0.6 is 11.6 Å². The Morgan fingerprint density at radius 2 is 1.75 bits per heavy atom. The van der Waals surface area contributed by atoms with E-state index in [1.54, 1.807) is 18.2 Å². The zero-order valence-corrected chi connectivity index (χ0v) is 16.8. The summed E-state index contributed by atoms with van der Waals surface area (Å²) in [7, 11) is 0. The average molecular weight is 400 g/mol. The zero-order chi connectivity index (χ0) is 19.9. The summed E-state index contributed by atoms with van der Waals surface area (Å²) in [6.45, 7) is 2.07. The number of amides is 2. The molecule has 2 amide bonds. The van der Waals surface area contributed by atoms with Crippen LogP contribution in [0.1, 0.15) is 54.6 Å². The lowest BCUT2D eigenvalue weighted by Gasteiger charge is -2.17. The summed E-state index contributed by atoms with van der Waals surface area (Å²) in [5, 5.41) is 9.74. The van der Waals surface area contributed by atoms with Gasteiger partial charge in [-0.05, 0) is 43.5 Å². The first kappa shape index (κ1) is 20.4. The fourth-order valence-electron chi connectivity index (χ4n) is 3.50. The molecule has 28 heavy (non-hydrogen) atoms. The van der Waals surface area contributed by atoms with Gasteiger partial charge in [-0.3, -0.25) is 9.59 Å². The van der Waals surface area contributed by atoms with Crippen LogP contribution in [0.15, 0.2) is 48.5 Å². The Bertz CT molecular complexity index is 834. The number of carbonyl (C=O) groups is 2. The molecular formula is C22H26ClN3O2. The van der Waals surface area contributed by atoms with Crippen molar-refractivity contribution in [3.05, 3.63) is 64.7 Å². The summed E-state index contributed by atoms with van der Waals surface area (Å²) in [6.07, 6.45) is 4.34. The van der Waals surface area contributed by atoms with E-state index < -0.39 is 0 Å². The van der Waals surface area contributed by atoms with Crippen LogP contribution in [0.4, 0.5) is 5.69 Å². The normalized spacial score (nSPS) is 15.2. The SMILES string of the molecule is CC(NCC(=O)Nc1ccccc1C(=O)NC1CCCC1)c1ccccc1Cl. The van der Waals surface area contributed by atoms with Gasteiger partial charge in [0.05, 0.1) is 17.8 Å². The smallest absolute Gasteiger partial charge is 0.253 e. The number of carbonyl (C=O) groups excluding carboxylic acids is 2. The van der Waals surface area contributed by atoms with Gasteiger partial charge in [-0.2, -0.15) is 0 Å². The lowest BCUT2D eigenvalue weighted by Crippen LogP contribution is -2.34. The number of nitrogens with one attached hydrogen (secondary N) is 3. The highest BCUT2D eigenvalue weighted by molar-refractivity contribution is 6.31. The van der Waals surface area contributed by atoms with Crippen LogP contribution in [-0.2, 0) is 4.79 Å². The maximum absolute atomic E-state index is 12.6. The molecule has 0 saturated heterocycles. The van der Waals surface area contributed by atoms with Gasteiger partial charge in [0.1, 0.15) is 0 Å². The van der Waals surface area contributed by atoms with Gasteiger partial charge in [0.2, 0.25) is 5.91 Å². The molecule has 0 heterocycles. The van der Waals surface area contributed by atoms with Gasteiger partial charge >= 0.3 is 0 Å². The summed E-state index contributed by atoms with van der Waals surface area (Å²) in [5.74, 6) is -0.347. The molecule has 1 fully saturated rings. The largest absolute Gasteiger partial charge is 0.349 e. The zero-order valence-electron chi connectivity index (χ0n) is 16.0. The van der Waals surface area contributed by atoms with Gasteiger partial charge in [0.15, 0.2) is 0 Å². The number of halogens is 1. The number of rotatable bonds is 7. The highest BCUT2D eigenvalue weighted by atomic mass is 35.5. The first-order chi connectivity index (χ1) is 13.5. The third kappa shape index (κ3) is 5.33. The number of para-hydroxylation sites is 1. The Kier molecular flexibility index (Phi) is 7.06. The quantitative estimate of drug-likeness (QED) is 0.650. The van der Waals surface area contributed by atoms with Crippen LogP contribution in [0.2, 0.25) is 5.02 Å². The molecule has 3 rings (SSSR count). The van der Waals surface area contributed by atoms with E-state index in [0.29, 0.717) is 16.3 Å². The first-order valence-electron chi connectivity index (χ1n) is 9.72. The molecule has 2 aromatic carbocycles. The van der Waals surface area contributed by atoms with E-state index in [1.165, 1.54) is 0 Å². The second kappa shape index (κ2) is 9.71. The van der Waals surface area contributed by atoms with Crippen molar-refractivity contribution in [3.63, 3.8) is 0 Å². The predicted octanol–water partition coefficient (Wildman–Crippen LogP) is 4.30. The maximum atomic E-state index is 12.6. The van der Waals surface area contributed by atoms with Crippen LogP contribution in [0.25, 0.3) is 0 Å². The van der Waals surface area contributed by atoms with E-state index >= 15 is 0 Å². The standard InChI is InChI=1S/C22H26ClN3O2/c1-15(17-10-4-6-12-19(17)23)24-14-21(27)26-20-13-7-5-11-18(20)22(28)25-16-8-2-3-9-16/h4-7,10-13,15-16,24H,2-3,8-9,14H2,1H3,(H,25,28)(H,26,27). The third-order valence-electron chi connectivity index (χ3n) is 5.08. The van der Waals surface area contributed by atoms with E-state index in [-0.39, 0.29) is 30.4 Å². The van der Waals surface area contributed by atoms with Crippen LogP contribution in [0.3, 0.4) is 0 Å². The van der Waals surface area contributed by atoms with Crippen molar-refractivity contribution in [3.8, 4) is 0 Å². The van der Waals surface area contributed by atoms with E-state index in [0.717, 1.165) is 31.2 Å². The molecule has 148 valence electrons. The summed E-state index contributed by atoms with van der Waals surface area (Å²) in [6, 6.07) is 14.8. The van der Waals surface area contributed by atoms with Crippen molar-refractivity contribution in [1.29, 1.82) is 0 Å². The Morgan fingerprint density at radius 3 is 2.50 bits per heavy atom. The number of hydrogen-bond donors (Lipinski definition) is 3. The van der Waals surface area contributed by atoms with Gasteiger partial charge < -0.3 is 16.0 Å². The summed E-state index contributed by atoms with van der Waals surface area (Å²) >= 11 is 6.20.